The molecule has 2 fully saturated rings. The molecule has 9 nitrogen and oxygen atoms in total. The lowest BCUT2D eigenvalue weighted by molar-refractivity contribution is 0.103. The summed E-state index contributed by atoms with van der Waals surface area (Å²) in [5.41, 5.74) is 7.87. The summed E-state index contributed by atoms with van der Waals surface area (Å²) in [6.45, 7) is 1.77. The molecule has 6 aromatic rings. The van der Waals surface area contributed by atoms with Gasteiger partial charge in [-0.1, -0.05) is 86.0 Å². The first-order chi connectivity index (χ1) is 23.2. The van der Waals surface area contributed by atoms with Crippen molar-refractivity contribution in [1.82, 2.24) is 29.0 Å². The third-order valence-corrected chi connectivity index (χ3v) is 9.66. The van der Waals surface area contributed by atoms with Crippen molar-refractivity contribution in [2.75, 3.05) is 13.1 Å². The molecule has 1 aliphatic heterocycles. The number of benzene rings is 3. The predicted molar refractivity (Wildman–Crippen MR) is 181 cm³/mol. The van der Waals surface area contributed by atoms with Gasteiger partial charge in [-0.05, 0) is 48.1 Å². The predicted octanol–water partition coefficient (Wildman–Crippen LogP) is 8.12. The van der Waals surface area contributed by atoms with Crippen LogP contribution in [0.3, 0.4) is 0 Å². The molecule has 1 atom stereocenters. The maximum atomic E-state index is 13.1. The molecule has 1 aliphatic carbocycles. The van der Waals surface area contributed by atoms with Crippen LogP contribution in [0.2, 0.25) is 0 Å². The van der Waals surface area contributed by atoms with E-state index in [-0.39, 0.29) is 18.7 Å². The molecule has 0 radical (unpaired) electrons. The van der Waals surface area contributed by atoms with E-state index in [2.05, 4.69) is 38.5 Å². The second-order valence-electron chi connectivity index (χ2n) is 12.7. The Kier molecular flexibility index (Phi) is 8.03. The zero-order valence-electron chi connectivity index (χ0n) is 26.4. The number of fused-ring (bicyclic) bond motifs is 2. The Bertz CT molecular complexity index is 2000. The highest BCUT2D eigenvalue weighted by Crippen LogP contribution is 2.39. The quantitative estimate of drug-likeness (QED) is 0.170. The number of carbonyl (C=O) groups is 1. The molecule has 1 amide bonds. The summed E-state index contributed by atoms with van der Waals surface area (Å²) >= 11 is 0. The number of nitrogens with zero attached hydrogens (tertiary/aromatic N) is 6. The summed E-state index contributed by atoms with van der Waals surface area (Å²) in [6, 6.07) is 26.9. The second kappa shape index (κ2) is 12.9. The number of likely N-dealkylation sites (tertiary alicyclic amines) is 1. The Hall–Kier alpha value is -5.18. The van der Waals surface area contributed by atoms with Crippen molar-refractivity contribution in [3.63, 3.8) is 0 Å². The summed E-state index contributed by atoms with van der Waals surface area (Å²) in [7, 11) is 0. The molecular weight excluding hydrogens is 588 g/mol. The fourth-order valence-corrected chi connectivity index (χ4v) is 7.18. The van der Waals surface area contributed by atoms with Crippen LogP contribution < -0.4 is 4.74 Å². The van der Waals surface area contributed by atoms with E-state index in [1.165, 1.54) is 37.6 Å². The van der Waals surface area contributed by atoms with Crippen molar-refractivity contribution in [2.24, 2.45) is 0 Å². The first-order valence-corrected chi connectivity index (χ1v) is 16.7. The minimum atomic E-state index is -0.302. The third kappa shape index (κ3) is 5.93. The van der Waals surface area contributed by atoms with Crippen LogP contribution in [0.4, 0.5) is 4.79 Å². The van der Waals surface area contributed by atoms with E-state index in [1.54, 1.807) is 11.2 Å². The zero-order chi connectivity index (χ0) is 31.6. The van der Waals surface area contributed by atoms with Gasteiger partial charge in [0.15, 0.2) is 0 Å². The third-order valence-electron chi connectivity index (χ3n) is 9.66. The molecule has 1 saturated carbocycles. The highest BCUT2D eigenvalue weighted by atomic mass is 16.6. The number of ether oxygens (including phenoxy) is 2. The van der Waals surface area contributed by atoms with Crippen LogP contribution in [0.5, 0.6) is 5.88 Å². The Balaban J connectivity index is 1.12. The molecule has 8 rings (SSSR count). The monoisotopic (exact) mass is 626 g/mol. The summed E-state index contributed by atoms with van der Waals surface area (Å²) in [5, 5.41) is 0. The lowest BCUT2D eigenvalue weighted by Gasteiger charge is -2.23. The van der Waals surface area contributed by atoms with E-state index < -0.39 is 0 Å². The lowest BCUT2D eigenvalue weighted by Crippen LogP contribution is -2.29. The molecule has 4 heterocycles. The Labute approximate surface area is 273 Å². The van der Waals surface area contributed by atoms with Gasteiger partial charge in [0, 0.05) is 30.9 Å². The van der Waals surface area contributed by atoms with Crippen molar-refractivity contribution < 1.29 is 14.3 Å². The average Bonchev–Trinajstić information content (AvgIpc) is 3.88. The fourth-order valence-electron chi connectivity index (χ4n) is 7.18. The molecular formula is C38H38N6O3. The van der Waals surface area contributed by atoms with Crippen LogP contribution in [-0.2, 0) is 18.0 Å². The topological polar surface area (TPSA) is 87.3 Å². The smallest absolute Gasteiger partial charge is 0.410 e. The SMILES string of the molecule is O=C(OCc1ccccc1)N1CCC(n2cc(-c3ccc4c(c3)ncn4C3CCCCC3)c3ncnc(OCc4ccccc4)c32)C1. The van der Waals surface area contributed by atoms with Crippen molar-refractivity contribution >= 4 is 28.2 Å². The molecule has 0 bridgehead atoms. The standard InChI is InChI=1S/C38H38N6O3/c45-38(47-24-28-12-6-2-7-13-28)42-19-18-31(21-42)43-22-32(35-36(43)37(40-25-39-35)46-23-27-10-4-1-5-11-27)29-16-17-34-33(20-29)41-26-44(34)30-14-8-3-9-15-30/h1-2,4-7,10-13,16-17,20,22,25-26,30-31H,3,8-9,14-15,18-19,21,23-24H2. The van der Waals surface area contributed by atoms with Gasteiger partial charge < -0.3 is 23.5 Å². The molecule has 1 saturated heterocycles. The van der Waals surface area contributed by atoms with Crippen LogP contribution in [0, 0.1) is 0 Å². The van der Waals surface area contributed by atoms with E-state index in [4.69, 9.17) is 19.4 Å². The van der Waals surface area contributed by atoms with E-state index in [0.717, 1.165) is 45.2 Å². The van der Waals surface area contributed by atoms with Gasteiger partial charge in [0.25, 0.3) is 0 Å². The van der Waals surface area contributed by atoms with Crippen LogP contribution in [0.1, 0.15) is 61.7 Å². The van der Waals surface area contributed by atoms with Gasteiger partial charge in [0.2, 0.25) is 5.88 Å². The number of hydrogen-bond donors (Lipinski definition) is 0. The largest absolute Gasteiger partial charge is 0.471 e. The van der Waals surface area contributed by atoms with Gasteiger partial charge in [0.05, 0.1) is 23.4 Å². The van der Waals surface area contributed by atoms with Gasteiger partial charge in [-0.15, -0.1) is 0 Å². The summed E-state index contributed by atoms with van der Waals surface area (Å²) in [5.74, 6) is 0.526. The van der Waals surface area contributed by atoms with E-state index >= 15 is 0 Å². The summed E-state index contributed by atoms with van der Waals surface area (Å²) in [4.78, 5) is 29.1. The summed E-state index contributed by atoms with van der Waals surface area (Å²) < 4.78 is 16.6. The normalized spacial score (nSPS) is 17.0. The zero-order valence-corrected chi connectivity index (χ0v) is 26.4. The first-order valence-electron chi connectivity index (χ1n) is 16.7. The van der Waals surface area contributed by atoms with Gasteiger partial charge in [-0.25, -0.2) is 14.8 Å². The number of hydrogen-bond acceptors (Lipinski definition) is 6. The Morgan fingerprint density at radius 2 is 1.55 bits per heavy atom. The maximum Gasteiger partial charge on any atom is 0.410 e. The van der Waals surface area contributed by atoms with Crippen molar-refractivity contribution in [2.45, 2.75) is 63.8 Å². The van der Waals surface area contributed by atoms with Crippen molar-refractivity contribution in [1.29, 1.82) is 0 Å². The van der Waals surface area contributed by atoms with Crippen LogP contribution in [0.15, 0.2) is 97.7 Å². The molecule has 9 heteroatoms. The van der Waals surface area contributed by atoms with Gasteiger partial charge in [-0.2, -0.15) is 4.98 Å². The summed E-state index contributed by atoms with van der Waals surface area (Å²) in [6.07, 6.45) is 12.5. The van der Waals surface area contributed by atoms with Crippen molar-refractivity contribution in [3.8, 4) is 17.0 Å². The van der Waals surface area contributed by atoms with E-state index in [0.29, 0.717) is 31.6 Å². The average molecular weight is 627 g/mol. The van der Waals surface area contributed by atoms with Crippen LogP contribution in [-0.4, -0.2) is 48.2 Å². The number of amides is 1. The molecule has 2 aliphatic rings. The number of aromatic nitrogens is 5. The van der Waals surface area contributed by atoms with Crippen molar-refractivity contribution in [3.05, 3.63) is 109 Å². The molecule has 1 unspecified atom stereocenters. The van der Waals surface area contributed by atoms with Gasteiger partial charge in [-0.3, -0.25) is 0 Å². The van der Waals surface area contributed by atoms with Crippen LogP contribution in [0.25, 0.3) is 33.2 Å². The molecule has 0 spiro atoms. The molecule has 3 aromatic carbocycles. The minimum absolute atomic E-state index is 0.00911. The maximum absolute atomic E-state index is 13.1. The van der Waals surface area contributed by atoms with Crippen LogP contribution >= 0.6 is 0 Å². The second-order valence-corrected chi connectivity index (χ2v) is 12.7. The van der Waals surface area contributed by atoms with E-state index in [1.807, 2.05) is 67.0 Å². The van der Waals surface area contributed by atoms with E-state index in [9.17, 15) is 4.79 Å². The number of imidazole rings is 1. The molecule has 238 valence electrons. The fraction of sp³-hybridized carbons (Fsp3) is 0.316. The number of carbonyl (C=O) groups excluding carboxylic acids is 1. The Morgan fingerprint density at radius 1 is 0.787 bits per heavy atom. The highest BCUT2D eigenvalue weighted by molar-refractivity contribution is 5.97. The molecule has 3 aromatic heterocycles. The molecule has 0 N–H and O–H groups in total. The minimum Gasteiger partial charge on any atom is -0.471 e. The number of rotatable bonds is 8. The molecule has 47 heavy (non-hydrogen) atoms. The van der Waals surface area contributed by atoms with Gasteiger partial charge in [0.1, 0.15) is 30.6 Å². The first kappa shape index (κ1) is 29.2. The lowest BCUT2D eigenvalue weighted by atomic mass is 9.95. The highest BCUT2D eigenvalue weighted by Gasteiger charge is 2.31. The van der Waals surface area contributed by atoms with Gasteiger partial charge >= 0.3 is 6.09 Å². The Morgan fingerprint density at radius 3 is 2.34 bits per heavy atom.